The SMILES string of the molecule is CCOC(=O)CN(C(=O)Cn1cnc2c(cnn2-c2cccc(C(F)(F)F)c2)c1=O)c1ccccc1. The van der Waals surface area contributed by atoms with E-state index in [1.807, 2.05) is 0 Å². The number of para-hydroxylation sites is 1. The Labute approximate surface area is 202 Å². The maximum Gasteiger partial charge on any atom is 0.416 e. The number of carbonyl (C=O) groups excluding carboxylic acids is 2. The number of alkyl halides is 3. The number of carbonyl (C=O) groups is 2. The van der Waals surface area contributed by atoms with Crippen molar-refractivity contribution < 1.29 is 27.5 Å². The third-order valence-electron chi connectivity index (χ3n) is 5.24. The van der Waals surface area contributed by atoms with E-state index in [9.17, 15) is 27.6 Å². The maximum atomic E-state index is 13.1. The molecule has 12 heteroatoms. The molecular formula is C24H20F3N5O4. The number of ether oxygens (including phenoxy) is 1. The van der Waals surface area contributed by atoms with Gasteiger partial charge in [0, 0.05) is 5.69 Å². The van der Waals surface area contributed by atoms with Crippen LogP contribution in [-0.2, 0) is 27.0 Å². The lowest BCUT2D eigenvalue weighted by atomic mass is 10.2. The number of nitrogens with zero attached hydrogens (tertiary/aromatic N) is 5. The van der Waals surface area contributed by atoms with E-state index in [0.717, 1.165) is 27.7 Å². The molecule has 2 aromatic carbocycles. The minimum Gasteiger partial charge on any atom is -0.465 e. The summed E-state index contributed by atoms with van der Waals surface area (Å²) < 4.78 is 46.4. The van der Waals surface area contributed by atoms with Gasteiger partial charge in [0.05, 0.1) is 24.1 Å². The number of hydrogen-bond donors (Lipinski definition) is 0. The number of halogens is 3. The molecule has 1 amide bonds. The minimum atomic E-state index is -4.55. The highest BCUT2D eigenvalue weighted by Gasteiger charge is 2.31. The molecule has 0 fully saturated rings. The molecule has 2 heterocycles. The Morgan fingerprint density at radius 3 is 2.53 bits per heavy atom. The first kappa shape index (κ1) is 24.6. The van der Waals surface area contributed by atoms with E-state index >= 15 is 0 Å². The Morgan fingerprint density at radius 2 is 1.83 bits per heavy atom. The van der Waals surface area contributed by atoms with Crippen molar-refractivity contribution in [1.82, 2.24) is 19.3 Å². The van der Waals surface area contributed by atoms with Crippen LogP contribution < -0.4 is 10.5 Å². The van der Waals surface area contributed by atoms with Gasteiger partial charge >= 0.3 is 12.1 Å². The van der Waals surface area contributed by atoms with Crippen LogP contribution in [0.5, 0.6) is 0 Å². The molecule has 0 unspecified atom stereocenters. The van der Waals surface area contributed by atoms with Gasteiger partial charge in [0.2, 0.25) is 5.91 Å². The third-order valence-corrected chi connectivity index (χ3v) is 5.24. The van der Waals surface area contributed by atoms with Crippen molar-refractivity contribution in [2.24, 2.45) is 0 Å². The van der Waals surface area contributed by atoms with Crippen LogP contribution >= 0.6 is 0 Å². The summed E-state index contributed by atoms with van der Waals surface area (Å²) in [6.45, 7) is 0.998. The second kappa shape index (κ2) is 10.0. The first-order valence-corrected chi connectivity index (χ1v) is 10.8. The van der Waals surface area contributed by atoms with Crippen molar-refractivity contribution in [3.05, 3.63) is 83.0 Å². The van der Waals surface area contributed by atoms with Crippen molar-refractivity contribution in [2.45, 2.75) is 19.6 Å². The van der Waals surface area contributed by atoms with Crippen molar-refractivity contribution in [3.8, 4) is 5.69 Å². The van der Waals surface area contributed by atoms with E-state index < -0.39 is 35.7 Å². The van der Waals surface area contributed by atoms with Crippen molar-refractivity contribution in [1.29, 1.82) is 0 Å². The zero-order valence-electron chi connectivity index (χ0n) is 19.0. The molecular weight excluding hydrogens is 479 g/mol. The monoisotopic (exact) mass is 499 g/mol. The fourth-order valence-electron chi connectivity index (χ4n) is 3.56. The summed E-state index contributed by atoms with van der Waals surface area (Å²) >= 11 is 0. The second-order valence-electron chi connectivity index (χ2n) is 7.64. The van der Waals surface area contributed by atoms with Gasteiger partial charge in [-0.05, 0) is 37.3 Å². The molecule has 0 N–H and O–H groups in total. The van der Waals surface area contributed by atoms with Gasteiger partial charge in [-0.2, -0.15) is 18.3 Å². The molecule has 0 aliphatic heterocycles. The molecule has 0 aliphatic carbocycles. The molecule has 36 heavy (non-hydrogen) atoms. The molecule has 0 atom stereocenters. The van der Waals surface area contributed by atoms with E-state index in [2.05, 4.69) is 10.1 Å². The predicted octanol–water partition coefficient (Wildman–Crippen LogP) is 3.20. The van der Waals surface area contributed by atoms with Crippen molar-refractivity contribution in [3.63, 3.8) is 0 Å². The van der Waals surface area contributed by atoms with Crippen LogP contribution in [0.25, 0.3) is 16.7 Å². The summed E-state index contributed by atoms with van der Waals surface area (Å²) in [5.74, 6) is -1.18. The van der Waals surface area contributed by atoms with Gasteiger partial charge in [-0.3, -0.25) is 23.9 Å². The van der Waals surface area contributed by atoms with Gasteiger partial charge in [0.25, 0.3) is 5.56 Å². The molecule has 186 valence electrons. The Balaban J connectivity index is 1.65. The molecule has 2 aromatic heterocycles. The van der Waals surface area contributed by atoms with Crippen LogP contribution in [0.15, 0.2) is 71.9 Å². The summed E-state index contributed by atoms with van der Waals surface area (Å²) in [7, 11) is 0. The number of rotatable bonds is 7. The van der Waals surface area contributed by atoms with E-state index in [4.69, 9.17) is 4.74 Å². The molecule has 0 saturated heterocycles. The molecule has 9 nitrogen and oxygen atoms in total. The van der Waals surface area contributed by atoms with E-state index in [0.29, 0.717) is 5.69 Å². The summed E-state index contributed by atoms with van der Waals surface area (Å²) in [6, 6.07) is 12.9. The highest BCUT2D eigenvalue weighted by molar-refractivity contribution is 5.97. The van der Waals surface area contributed by atoms with E-state index in [-0.39, 0.29) is 29.9 Å². The fraction of sp³-hybridized carbons (Fsp3) is 0.208. The zero-order valence-corrected chi connectivity index (χ0v) is 19.0. The molecule has 0 saturated carbocycles. The van der Waals surface area contributed by atoms with Crippen LogP contribution in [0.3, 0.4) is 0 Å². The lowest BCUT2D eigenvalue weighted by Crippen LogP contribution is -2.40. The largest absolute Gasteiger partial charge is 0.465 e. The molecule has 0 spiro atoms. The number of benzene rings is 2. The minimum absolute atomic E-state index is 0.0133. The molecule has 0 bridgehead atoms. The van der Waals surface area contributed by atoms with Gasteiger partial charge in [0.1, 0.15) is 24.8 Å². The lowest BCUT2D eigenvalue weighted by molar-refractivity contribution is -0.142. The maximum absolute atomic E-state index is 13.1. The van der Waals surface area contributed by atoms with Crippen LogP contribution in [0.2, 0.25) is 0 Å². The fourth-order valence-corrected chi connectivity index (χ4v) is 3.56. The third kappa shape index (κ3) is 5.11. The standard InChI is InChI=1S/C24H20F3N5O4/c1-2-36-21(34)14-31(17-8-4-3-5-9-17)20(33)13-30-15-28-22-19(23(30)35)12-29-32(22)18-10-6-7-16(11-18)24(25,26)27/h3-12,15H,2,13-14H2,1H3. The van der Waals surface area contributed by atoms with Gasteiger partial charge in [-0.25, -0.2) is 9.67 Å². The summed E-state index contributed by atoms with van der Waals surface area (Å²) in [5.41, 5.74) is -0.935. The van der Waals surface area contributed by atoms with Crippen LogP contribution in [0, 0.1) is 0 Å². The van der Waals surface area contributed by atoms with Gasteiger partial charge in [-0.1, -0.05) is 24.3 Å². The Morgan fingerprint density at radius 1 is 1.08 bits per heavy atom. The van der Waals surface area contributed by atoms with Crippen LogP contribution in [0.4, 0.5) is 18.9 Å². The van der Waals surface area contributed by atoms with Crippen LogP contribution in [0.1, 0.15) is 12.5 Å². The first-order chi connectivity index (χ1) is 17.2. The van der Waals surface area contributed by atoms with Crippen molar-refractivity contribution in [2.75, 3.05) is 18.1 Å². The summed E-state index contributed by atoms with van der Waals surface area (Å²) in [5, 5.41) is 4.04. The van der Waals surface area contributed by atoms with Gasteiger partial charge in [-0.15, -0.1) is 0 Å². The average Bonchev–Trinajstić information content (AvgIpc) is 3.29. The number of esters is 1. The topological polar surface area (TPSA) is 99.3 Å². The number of hydrogen-bond acceptors (Lipinski definition) is 6. The molecule has 4 aromatic rings. The Kier molecular flexibility index (Phi) is 6.86. The summed E-state index contributed by atoms with van der Waals surface area (Å²) in [6.07, 6.45) is -2.25. The number of anilines is 1. The number of amides is 1. The molecule has 0 aliphatic rings. The average molecular weight is 499 g/mol. The Bertz CT molecular complexity index is 1460. The quantitative estimate of drug-likeness (QED) is 0.362. The van der Waals surface area contributed by atoms with Gasteiger partial charge in [0.15, 0.2) is 5.65 Å². The lowest BCUT2D eigenvalue weighted by Gasteiger charge is -2.22. The molecule has 4 rings (SSSR count). The smallest absolute Gasteiger partial charge is 0.416 e. The van der Waals surface area contributed by atoms with E-state index in [1.54, 1.807) is 37.3 Å². The van der Waals surface area contributed by atoms with E-state index in [1.165, 1.54) is 23.2 Å². The first-order valence-electron chi connectivity index (χ1n) is 10.8. The van der Waals surface area contributed by atoms with Gasteiger partial charge < -0.3 is 4.74 Å². The highest BCUT2D eigenvalue weighted by Crippen LogP contribution is 2.30. The predicted molar refractivity (Wildman–Crippen MR) is 124 cm³/mol. The zero-order chi connectivity index (χ0) is 25.9. The normalized spacial score (nSPS) is 11.4. The molecule has 0 radical (unpaired) electrons. The Hall–Kier alpha value is -4.48. The number of aromatic nitrogens is 4. The van der Waals surface area contributed by atoms with Crippen molar-refractivity contribution >= 4 is 28.6 Å². The highest BCUT2D eigenvalue weighted by atomic mass is 19.4. The summed E-state index contributed by atoms with van der Waals surface area (Å²) in [4.78, 5) is 43.6. The second-order valence-corrected chi connectivity index (χ2v) is 7.64. The number of fused-ring (bicyclic) bond motifs is 1. The van der Waals surface area contributed by atoms with Crippen LogP contribution in [-0.4, -0.2) is 44.4 Å².